The van der Waals surface area contributed by atoms with E-state index in [1.807, 2.05) is 6.92 Å². The van der Waals surface area contributed by atoms with Crippen LogP contribution >= 0.6 is 0 Å². The van der Waals surface area contributed by atoms with Gasteiger partial charge in [-0.3, -0.25) is 9.36 Å². The summed E-state index contributed by atoms with van der Waals surface area (Å²) in [4.78, 5) is 31.5. The molecule has 2 aromatic heterocycles. The minimum absolute atomic E-state index is 0.362. The number of imidazole rings is 1. The lowest BCUT2D eigenvalue weighted by atomic mass is 10.1. The fraction of sp³-hybridized carbons (Fsp3) is 0.333. The second-order valence-electron chi connectivity index (χ2n) is 4.88. The minimum atomic E-state index is -1.02. The SMILES string of the molecule is CCCC[C@H](NC(=O)c1ccnc(-n2ccnc2)c1)C(=O)O. The third kappa shape index (κ3) is 3.91. The summed E-state index contributed by atoms with van der Waals surface area (Å²) in [5.41, 5.74) is 0.362. The van der Waals surface area contributed by atoms with Gasteiger partial charge in [-0.2, -0.15) is 0 Å². The number of carbonyl (C=O) groups is 2. The predicted octanol–water partition coefficient (Wildman–Crippen LogP) is 1.64. The number of rotatable bonds is 7. The maximum Gasteiger partial charge on any atom is 0.326 e. The van der Waals surface area contributed by atoms with Crippen molar-refractivity contribution in [1.29, 1.82) is 0 Å². The van der Waals surface area contributed by atoms with Gasteiger partial charge in [0.2, 0.25) is 0 Å². The standard InChI is InChI=1S/C15H18N4O3/c1-2-3-4-12(15(21)22)18-14(20)11-5-6-17-13(9-11)19-8-7-16-10-19/h5-10,12H,2-4H2,1H3,(H,18,20)(H,21,22)/t12-/m0/s1. The average molecular weight is 302 g/mol. The highest BCUT2D eigenvalue weighted by Gasteiger charge is 2.20. The number of amides is 1. The summed E-state index contributed by atoms with van der Waals surface area (Å²) in [6.45, 7) is 1.97. The normalized spacial score (nSPS) is 11.9. The number of carbonyl (C=O) groups excluding carboxylic acids is 1. The van der Waals surface area contributed by atoms with Gasteiger partial charge in [0.05, 0.1) is 0 Å². The summed E-state index contributed by atoms with van der Waals surface area (Å²) in [5, 5.41) is 11.7. The van der Waals surface area contributed by atoms with Crippen LogP contribution in [-0.2, 0) is 4.79 Å². The van der Waals surface area contributed by atoms with Crippen LogP contribution < -0.4 is 5.32 Å². The fourth-order valence-electron chi connectivity index (χ4n) is 2.00. The fourth-order valence-corrected chi connectivity index (χ4v) is 2.00. The van der Waals surface area contributed by atoms with Crippen molar-refractivity contribution in [2.24, 2.45) is 0 Å². The van der Waals surface area contributed by atoms with Crippen molar-refractivity contribution in [3.63, 3.8) is 0 Å². The molecular weight excluding hydrogens is 284 g/mol. The molecule has 2 aromatic rings. The van der Waals surface area contributed by atoms with E-state index in [1.54, 1.807) is 35.4 Å². The van der Waals surface area contributed by atoms with Crippen LogP contribution in [0.3, 0.4) is 0 Å². The number of nitrogens with zero attached hydrogens (tertiary/aromatic N) is 3. The Morgan fingerprint density at radius 1 is 1.41 bits per heavy atom. The van der Waals surface area contributed by atoms with E-state index in [4.69, 9.17) is 5.11 Å². The summed E-state index contributed by atoms with van der Waals surface area (Å²) in [5.74, 6) is -0.899. The van der Waals surface area contributed by atoms with Gasteiger partial charge in [0.1, 0.15) is 18.2 Å². The van der Waals surface area contributed by atoms with Crippen LogP contribution in [0.25, 0.3) is 5.82 Å². The molecule has 0 saturated carbocycles. The molecule has 7 nitrogen and oxygen atoms in total. The Bertz CT molecular complexity index is 640. The monoisotopic (exact) mass is 302 g/mol. The third-order valence-electron chi connectivity index (χ3n) is 3.23. The van der Waals surface area contributed by atoms with Crippen LogP contribution in [0.4, 0.5) is 0 Å². The highest BCUT2D eigenvalue weighted by atomic mass is 16.4. The second kappa shape index (κ2) is 7.35. The smallest absolute Gasteiger partial charge is 0.326 e. The molecule has 0 aliphatic carbocycles. The van der Waals surface area contributed by atoms with E-state index < -0.39 is 17.9 Å². The van der Waals surface area contributed by atoms with Gasteiger partial charge in [0.25, 0.3) is 5.91 Å². The maximum absolute atomic E-state index is 12.2. The second-order valence-corrected chi connectivity index (χ2v) is 4.88. The van der Waals surface area contributed by atoms with Crippen molar-refractivity contribution in [2.75, 3.05) is 0 Å². The van der Waals surface area contributed by atoms with Crippen molar-refractivity contribution in [1.82, 2.24) is 19.9 Å². The highest BCUT2D eigenvalue weighted by Crippen LogP contribution is 2.08. The number of unbranched alkanes of at least 4 members (excludes halogenated alkanes) is 1. The van der Waals surface area contributed by atoms with Crippen molar-refractivity contribution in [3.8, 4) is 5.82 Å². The maximum atomic E-state index is 12.2. The van der Waals surface area contributed by atoms with Crippen molar-refractivity contribution in [3.05, 3.63) is 42.6 Å². The van der Waals surface area contributed by atoms with Crippen LogP contribution in [0, 0.1) is 0 Å². The van der Waals surface area contributed by atoms with Gasteiger partial charge in [-0.1, -0.05) is 19.8 Å². The Hall–Kier alpha value is -2.70. The van der Waals surface area contributed by atoms with Crippen LogP contribution in [0.15, 0.2) is 37.1 Å². The predicted molar refractivity (Wildman–Crippen MR) is 79.8 cm³/mol. The van der Waals surface area contributed by atoms with E-state index in [2.05, 4.69) is 15.3 Å². The van der Waals surface area contributed by atoms with E-state index in [0.29, 0.717) is 17.8 Å². The summed E-state index contributed by atoms with van der Waals surface area (Å²) in [6, 6.07) is 2.27. The lowest BCUT2D eigenvalue weighted by molar-refractivity contribution is -0.139. The Morgan fingerprint density at radius 2 is 2.23 bits per heavy atom. The van der Waals surface area contributed by atoms with Gasteiger partial charge in [-0.15, -0.1) is 0 Å². The molecule has 116 valence electrons. The molecule has 0 aliphatic rings. The zero-order valence-corrected chi connectivity index (χ0v) is 12.3. The highest BCUT2D eigenvalue weighted by molar-refractivity contribution is 5.96. The number of carboxylic acids is 1. The summed E-state index contributed by atoms with van der Waals surface area (Å²) in [7, 11) is 0. The van der Waals surface area contributed by atoms with Crippen LogP contribution in [0.5, 0.6) is 0 Å². The van der Waals surface area contributed by atoms with E-state index in [0.717, 1.165) is 12.8 Å². The molecule has 0 unspecified atom stereocenters. The average Bonchev–Trinajstić information content (AvgIpc) is 3.05. The number of aromatic nitrogens is 3. The van der Waals surface area contributed by atoms with E-state index >= 15 is 0 Å². The molecule has 2 rings (SSSR count). The Balaban J connectivity index is 2.12. The van der Waals surface area contributed by atoms with Gasteiger partial charge in [0, 0.05) is 24.2 Å². The molecule has 2 N–H and O–H groups in total. The Labute approximate surface area is 128 Å². The number of hydrogen-bond acceptors (Lipinski definition) is 4. The third-order valence-corrected chi connectivity index (χ3v) is 3.23. The first-order valence-electron chi connectivity index (χ1n) is 7.10. The van der Waals surface area contributed by atoms with Crippen molar-refractivity contribution >= 4 is 11.9 Å². The first-order valence-corrected chi connectivity index (χ1v) is 7.10. The molecule has 22 heavy (non-hydrogen) atoms. The molecule has 0 bridgehead atoms. The molecule has 0 saturated heterocycles. The molecule has 1 amide bonds. The summed E-state index contributed by atoms with van der Waals surface area (Å²) < 4.78 is 1.67. The van der Waals surface area contributed by atoms with Crippen molar-refractivity contribution < 1.29 is 14.7 Å². The number of aliphatic carboxylic acids is 1. The van der Waals surface area contributed by atoms with Crippen molar-refractivity contribution in [2.45, 2.75) is 32.2 Å². The zero-order chi connectivity index (χ0) is 15.9. The van der Waals surface area contributed by atoms with Gasteiger partial charge in [-0.05, 0) is 18.6 Å². The van der Waals surface area contributed by atoms with Crippen LogP contribution in [-0.4, -0.2) is 37.6 Å². The molecule has 0 radical (unpaired) electrons. The Morgan fingerprint density at radius 3 is 2.86 bits per heavy atom. The van der Waals surface area contributed by atoms with Crippen LogP contribution in [0.1, 0.15) is 36.5 Å². The number of pyridine rings is 1. The summed E-state index contributed by atoms with van der Waals surface area (Å²) >= 11 is 0. The number of nitrogens with one attached hydrogen (secondary N) is 1. The molecular formula is C15H18N4O3. The quantitative estimate of drug-likeness (QED) is 0.810. The molecule has 1 atom stereocenters. The lowest BCUT2D eigenvalue weighted by Gasteiger charge is -2.14. The molecule has 2 heterocycles. The van der Waals surface area contributed by atoms with E-state index in [9.17, 15) is 9.59 Å². The van der Waals surface area contributed by atoms with Gasteiger partial charge < -0.3 is 10.4 Å². The lowest BCUT2D eigenvalue weighted by Crippen LogP contribution is -2.40. The first kappa shape index (κ1) is 15.7. The molecule has 0 spiro atoms. The summed E-state index contributed by atoms with van der Waals surface area (Å²) in [6.07, 6.45) is 8.44. The first-order chi connectivity index (χ1) is 10.6. The largest absolute Gasteiger partial charge is 0.480 e. The molecule has 0 aromatic carbocycles. The van der Waals surface area contributed by atoms with E-state index in [1.165, 1.54) is 6.20 Å². The van der Waals surface area contributed by atoms with Gasteiger partial charge in [0.15, 0.2) is 0 Å². The van der Waals surface area contributed by atoms with Gasteiger partial charge in [-0.25, -0.2) is 14.8 Å². The topological polar surface area (TPSA) is 97.1 Å². The minimum Gasteiger partial charge on any atom is -0.480 e. The number of carboxylic acid groups (broad SMARTS) is 1. The molecule has 0 fully saturated rings. The van der Waals surface area contributed by atoms with E-state index in [-0.39, 0.29) is 0 Å². The Kier molecular flexibility index (Phi) is 5.24. The zero-order valence-electron chi connectivity index (χ0n) is 12.3. The number of hydrogen-bond donors (Lipinski definition) is 2. The van der Waals surface area contributed by atoms with Crippen LogP contribution in [0.2, 0.25) is 0 Å². The van der Waals surface area contributed by atoms with Gasteiger partial charge >= 0.3 is 5.97 Å². The molecule has 0 aliphatic heterocycles. The molecule has 7 heteroatoms.